The van der Waals surface area contributed by atoms with Crippen molar-refractivity contribution >= 4 is 27.9 Å². The van der Waals surface area contributed by atoms with Crippen LogP contribution in [0.15, 0.2) is 47.8 Å². The molecule has 8 heteroatoms. The van der Waals surface area contributed by atoms with Crippen LogP contribution in [0.25, 0.3) is 21.9 Å². The quantitative estimate of drug-likeness (QED) is 0.342. The smallest absolute Gasteiger partial charge is 0.161 e. The van der Waals surface area contributed by atoms with Gasteiger partial charge in [-0.3, -0.25) is 0 Å². The van der Waals surface area contributed by atoms with Gasteiger partial charge in [0.15, 0.2) is 17.3 Å². The molecule has 4 rings (SSSR count). The van der Waals surface area contributed by atoms with E-state index < -0.39 is 6.17 Å². The molecule has 2 aromatic carbocycles. The number of hydrogen-bond donors (Lipinski definition) is 3. The lowest BCUT2D eigenvalue weighted by molar-refractivity contribution is 0.356. The van der Waals surface area contributed by atoms with E-state index in [9.17, 15) is 0 Å². The Kier molecular flexibility index (Phi) is 6.55. The van der Waals surface area contributed by atoms with Gasteiger partial charge in [-0.2, -0.15) is 5.10 Å². The van der Waals surface area contributed by atoms with Gasteiger partial charge in [-0.05, 0) is 54.2 Å². The van der Waals surface area contributed by atoms with E-state index in [4.69, 9.17) is 15.2 Å². The van der Waals surface area contributed by atoms with E-state index in [0.29, 0.717) is 17.3 Å². The Morgan fingerprint density at radius 2 is 1.75 bits per heavy atom. The summed E-state index contributed by atoms with van der Waals surface area (Å²) in [7, 11) is 5.18. The van der Waals surface area contributed by atoms with Crippen LogP contribution >= 0.6 is 11.3 Å². The van der Waals surface area contributed by atoms with Crippen LogP contribution in [0.5, 0.6) is 11.5 Å². The number of nitrogens with zero attached hydrogens (tertiary/aromatic N) is 2. The highest BCUT2D eigenvalue weighted by Crippen LogP contribution is 2.37. The van der Waals surface area contributed by atoms with E-state index in [1.807, 2.05) is 26.1 Å². The summed E-state index contributed by atoms with van der Waals surface area (Å²) in [6.45, 7) is 2.72. The number of anilines is 1. The van der Waals surface area contributed by atoms with E-state index in [1.54, 1.807) is 25.6 Å². The van der Waals surface area contributed by atoms with Gasteiger partial charge in [0.05, 0.1) is 19.9 Å². The molecule has 0 amide bonds. The Morgan fingerprint density at radius 3 is 2.47 bits per heavy atom. The lowest BCUT2D eigenvalue weighted by Gasteiger charge is -2.16. The Labute approximate surface area is 191 Å². The number of rotatable bonds is 8. The highest BCUT2D eigenvalue weighted by atomic mass is 32.1. The molecule has 0 bridgehead atoms. The Morgan fingerprint density at radius 1 is 1.03 bits per heavy atom. The second-order valence-electron chi connectivity index (χ2n) is 7.43. The molecule has 2 heterocycles. The largest absolute Gasteiger partial charge is 0.493 e. The highest BCUT2D eigenvalue weighted by Gasteiger charge is 2.17. The maximum absolute atomic E-state index is 6.53. The Balaban J connectivity index is 1.65. The van der Waals surface area contributed by atoms with Gasteiger partial charge in [0, 0.05) is 22.2 Å². The van der Waals surface area contributed by atoms with Crippen LogP contribution in [-0.2, 0) is 6.54 Å². The maximum atomic E-state index is 6.53. The molecule has 166 valence electrons. The fourth-order valence-electron chi connectivity index (χ4n) is 3.74. The number of methoxy groups -OCH3 is 2. The SMILES string of the molecule is CNCc1ccccc1-c1csc([C@@H](N)Nc2nnc(C)c3cc(OC)c(OC)cc23)c1. The molecule has 7 nitrogen and oxygen atoms in total. The summed E-state index contributed by atoms with van der Waals surface area (Å²) in [6, 6.07) is 14.3. The van der Waals surface area contributed by atoms with Gasteiger partial charge in [-0.25, -0.2) is 0 Å². The van der Waals surface area contributed by atoms with Crippen LogP contribution < -0.4 is 25.8 Å². The molecule has 0 aliphatic heterocycles. The van der Waals surface area contributed by atoms with Gasteiger partial charge in [-0.15, -0.1) is 16.4 Å². The number of benzene rings is 2. The summed E-state index contributed by atoms with van der Waals surface area (Å²) in [5.41, 5.74) is 10.9. The van der Waals surface area contributed by atoms with Crippen molar-refractivity contribution in [2.24, 2.45) is 5.73 Å². The fraction of sp³-hybridized carbons (Fsp3) is 0.250. The van der Waals surface area contributed by atoms with Crippen LogP contribution in [0.3, 0.4) is 0 Å². The zero-order valence-electron chi connectivity index (χ0n) is 18.6. The summed E-state index contributed by atoms with van der Waals surface area (Å²) in [4.78, 5) is 1.01. The van der Waals surface area contributed by atoms with Crippen molar-refractivity contribution < 1.29 is 9.47 Å². The van der Waals surface area contributed by atoms with E-state index in [2.05, 4.69) is 56.5 Å². The molecule has 2 aromatic heterocycles. The maximum Gasteiger partial charge on any atom is 0.161 e. The number of aromatic nitrogens is 2. The summed E-state index contributed by atoms with van der Waals surface area (Å²) in [5, 5.41) is 19.2. The van der Waals surface area contributed by atoms with E-state index in [0.717, 1.165) is 33.5 Å². The second-order valence-corrected chi connectivity index (χ2v) is 8.38. The van der Waals surface area contributed by atoms with E-state index in [-0.39, 0.29) is 0 Å². The van der Waals surface area contributed by atoms with Gasteiger partial charge in [0.2, 0.25) is 0 Å². The minimum Gasteiger partial charge on any atom is -0.493 e. The Hall–Kier alpha value is -3.20. The molecule has 0 aliphatic rings. The van der Waals surface area contributed by atoms with Gasteiger partial charge in [-0.1, -0.05) is 24.3 Å². The van der Waals surface area contributed by atoms with Crippen molar-refractivity contribution in [1.82, 2.24) is 15.5 Å². The number of hydrogen-bond acceptors (Lipinski definition) is 8. The minimum absolute atomic E-state index is 0.432. The lowest BCUT2D eigenvalue weighted by atomic mass is 10.0. The molecule has 4 aromatic rings. The molecule has 1 atom stereocenters. The molecule has 4 N–H and O–H groups in total. The monoisotopic (exact) mass is 449 g/mol. The molecule has 0 spiro atoms. The summed E-state index contributed by atoms with van der Waals surface area (Å²) in [6.07, 6.45) is -0.432. The molecule has 0 saturated carbocycles. The Bertz CT molecular complexity index is 1240. The van der Waals surface area contributed by atoms with Crippen LogP contribution in [0, 0.1) is 6.92 Å². The third kappa shape index (κ3) is 4.25. The van der Waals surface area contributed by atoms with Crippen molar-refractivity contribution in [3.05, 3.63) is 64.0 Å². The van der Waals surface area contributed by atoms with Crippen molar-refractivity contribution in [1.29, 1.82) is 0 Å². The number of ether oxygens (including phenoxy) is 2. The fourth-order valence-corrected chi connectivity index (χ4v) is 4.59. The van der Waals surface area contributed by atoms with Crippen LogP contribution in [0.4, 0.5) is 5.82 Å². The van der Waals surface area contributed by atoms with Crippen molar-refractivity contribution in [2.45, 2.75) is 19.6 Å². The molecular formula is C24H27N5O2S. The predicted molar refractivity (Wildman–Crippen MR) is 130 cm³/mol. The van der Waals surface area contributed by atoms with E-state index >= 15 is 0 Å². The third-order valence-electron chi connectivity index (χ3n) is 5.38. The normalized spacial score (nSPS) is 12.0. The van der Waals surface area contributed by atoms with Crippen molar-refractivity contribution in [3.8, 4) is 22.6 Å². The average Bonchev–Trinajstić information content (AvgIpc) is 3.31. The standard InChI is InChI=1S/C24H27N5O2S/c1-14-18-10-20(30-3)21(31-4)11-19(18)24(29-28-14)27-23(25)22-9-16(13-32-22)17-8-6-5-7-15(17)12-26-2/h5-11,13,23,26H,12,25H2,1-4H3,(H,27,29)/t23-/m0/s1. The molecule has 0 unspecified atom stereocenters. The lowest BCUT2D eigenvalue weighted by Crippen LogP contribution is -2.20. The first-order valence-corrected chi connectivity index (χ1v) is 11.2. The number of aryl methyl sites for hydroxylation is 1. The van der Waals surface area contributed by atoms with E-state index in [1.165, 1.54) is 11.1 Å². The topological polar surface area (TPSA) is 94.3 Å². The predicted octanol–water partition coefficient (Wildman–Crippen LogP) is 4.47. The number of nitrogens with two attached hydrogens (primary N) is 1. The van der Waals surface area contributed by atoms with Crippen LogP contribution in [-0.4, -0.2) is 31.5 Å². The highest BCUT2D eigenvalue weighted by molar-refractivity contribution is 7.10. The molecule has 0 saturated heterocycles. The molecule has 32 heavy (non-hydrogen) atoms. The number of fused-ring (bicyclic) bond motifs is 1. The van der Waals surface area contributed by atoms with Gasteiger partial charge in [0.1, 0.15) is 6.17 Å². The van der Waals surface area contributed by atoms with Gasteiger partial charge >= 0.3 is 0 Å². The first-order chi connectivity index (χ1) is 15.5. The first-order valence-electron chi connectivity index (χ1n) is 10.3. The minimum atomic E-state index is -0.432. The van der Waals surface area contributed by atoms with Crippen LogP contribution in [0.2, 0.25) is 0 Å². The molecule has 0 fully saturated rings. The molecule has 0 aliphatic carbocycles. The molecule has 0 radical (unpaired) electrons. The summed E-state index contributed by atoms with van der Waals surface area (Å²) >= 11 is 1.62. The van der Waals surface area contributed by atoms with Crippen LogP contribution in [0.1, 0.15) is 22.3 Å². The van der Waals surface area contributed by atoms with Crippen molar-refractivity contribution in [3.63, 3.8) is 0 Å². The second kappa shape index (κ2) is 9.52. The zero-order valence-corrected chi connectivity index (χ0v) is 19.4. The third-order valence-corrected chi connectivity index (χ3v) is 6.40. The number of thiophene rings is 1. The van der Waals surface area contributed by atoms with Gasteiger partial charge < -0.3 is 25.8 Å². The van der Waals surface area contributed by atoms with Crippen molar-refractivity contribution in [2.75, 3.05) is 26.6 Å². The first kappa shape index (κ1) is 22.0. The average molecular weight is 450 g/mol. The zero-order chi connectivity index (χ0) is 22.7. The number of nitrogens with one attached hydrogen (secondary N) is 2. The van der Waals surface area contributed by atoms with Gasteiger partial charge in [0.25, 0.3) is 0 Å². The summed E-state index contributed by atoms with van der Waals surface area (Å²) in [5.74, 6) is 1.88. The molecular weight excluding hydrogens is 422 g/mol. The summed E-state index contributed by atoms with van der Waals surface area (Å²) < 4.78 is 10.9.